The van der Waals surface area contributed by atoms with E-state index in [1.807, 2.05) is 0 Å². The van der Waals surface area contributed by atoms with Crippen LogP contribution in [0.3, 0.4) is 0 Å². The van der Waals surface area contributed by atoms with E-state index in [-0.39, 0.29) is 6.61 Å². The fourth-order valence-corrected chi connectivity index (χ4v) is 1.52. The molecule has 5 unspecified atom stereocenters. The molecular weight excluding hydrogens is 232 g/mol. The van der Waals surface area contributed by atoms with Gasteiger partial charge in [-0.3, -0.25) is 0 Å². The average Bonchev–Trinajstić information content (AvgIpc) is 2.30. The Morgan fingerprint density at radius 3 is 2.12 bits per heavy atom. The Hall–Kier alpha value is -0.280. The molecule has 0 aliphatic carbocycles. The maximum Gasteiger partial charge on any atom is 0.187 e. The molecule has 102 valence electrons. The van der Waals surface area contributed by atoms with Gasteiger partial charge in [0.15, 0.2) is 6.29 Å². The molecule has 7 nitrogen and oxygen atoms in total. The lowest BCUT2D eigenvalue weighted by atomic mass is 9.99. The highest BCUT2D eigenvalue weighted by molar-refractivity contribution is 4.89. The summed E-state index contributed by atoms with van der Waals surface area (Å²) in [5, 5.41) is 46.7. The normalized spacial score (nSPS) is 39.4. The van der Waals surface area contributed by atoms with Crippen molar-refractivity contribution in [3.05, 3.63) is 0 Å². The van der Waals surface area contributed by atoms with Crippen LogP contribution < -0.4 is 0 Å². The van der Waals surface area contributed by atoms with Crippen molar-refractivity contribution in [2.75, 3.05) is 13.2 Å². The molecular formula is C10H20O7. The summed E-state index contributed by atoms with van der Waals surface area (Å²) >= 11 is 0. The highest BCUT2D eigenvalue weighted by Gasteiger charge is 2.45. The zero-order valence-corrected chi connectivity index (χ0v) is 9.85. The summed E-state index contributed by atoms with van der Waals surface area (Å²) in [6.07, 6.45) is -6.55. The third-order valence-corrected chi connectivity index (χ3v) is 2.66. The van der Waals surface area contributed by atoms with Crippen LogP contribution in [0.15, 0.2) is 0 Å². The largest absolute Gasteiger partial charge is 0.394 e. The average molecular weight is 252 g/mol. The molecule has 0 aromatic carbocycles. The standard InChI is InChI=1S/C10H20O7/c1-10(2,4-12)17-9-8(15)7(14)6(13)5(3-11)16-9/h5-9,11-15H,3-4H2,1-2H3. The van der Waals surface area contributed by atoms with Gasteiger partial charge in [0.05, 0.1) is 18.8 Å². The number of hydrogen-bond acceptors (Lipinski definition) is 7. The SMILES string of the molecule is CC(C)(CO)OC1OC(CO)C(O)C(O)C1O. The van der Waals surface area contributed by atoms with E-state index in [2.05, 4.69) is 0 Å². The minimum atomic E-state index is -1.47. The summed E-state index contributed by atoms with van der Waals surface area (Å²) in [4.78, 5) is 0. The Morgan fingerprint density at radius 2 is 1.65 bits per heavy atom. The summed E-state index contributed by atoms with van der Waals surface area (Å²) in [7, 11) is 0. The van der Waals surface area contributed by atoms with Crippen LogP contribution in [0.1, 0.15) is 13.8 Å². The number of rotatable bonds is 4. The molecule has 1 aliphatic rings. The molecule has 1 fully saturated rings. The van der Waals surface area contributed by atoms with Crippen LogP contribution in [-0.4, -0.2) is 75.1 Å². The first kappa shape index (κ1) is 14.8. The highest BCUT2D eigenvalue weighted by atomic mass is 16.7. The van der Waals surface area contributed by atoms with Crippen LogP contribution in [-0.2, 0) is 9.47 Å². The lowest BCUT2D eigenvalue weighted by molar-refractivity contribution is -0.325. The fraction of sp³-hybridized carbons (Fsp3) is 1.00. The van der Waals surface area contributed by atoms with Crippen LogP contribution in [0.25, 0.3) is 0 Å². The van der Waals surface area contributed by atoms with Crippen LogP contribution >= 0.6 is 0 Å². The Kier molecular flexibility index (Phi) is 4.85. The number of aliphatic hydroxyl groups is 5. The van der Waals surface area contributed by atoms with Crippen molar-refractivity contribution in [3.63, 3.8) is 0 Å². The van der Waals surface area contributed by atoms with Crippen molar-refractivity contribution >= 4 is 0 Å². The van der Waals surface area contributed by atoms with Gasteiger partial charge in [0.1, 0.15) is 24.4 Å². The van der Waals surface area contributed by atoms with Crippen molar-refractivity contribution in [1.29, 1.82) is 0 Å². The molecule has 1 saturated heterocycles. The lowest BCUT2D eigenvalue weighted by Gasteiger charge is -2.42. The Morgan fingerprint density at radius 1 is 1.06 bits per heavy atom. The van der Waals surface area contributed by atoms with Crippen molar-refractivity contribution in [1.82, 2.24) is 0 Å². The van der Waals surface area contributed by atoms with E-state index in [9.17, 15) is 15.3 Å². The highest BCUT2D eigenvalue weighted by Crippen LogP contribution is 2.25. The monoisotopic (exact) mass is 252 g/mol. The van der Waals surface area contributed by atoms with Gasteiger partial charge in [0, 0.05) is 0 Å². The molecule has 0 radical (unpaired) electrons. The quantitative estimate of drug-likeness (QED) is 0.377. The topological polar surface area (TPSA) is 120 Å². The summed E-state index contributed by atoms with van der Waals surface area (Å²) in [5.41, 5.74) is -0.965. The number of hydrogen-bond donors (Lipinski definition) is 5. The van der Waals surface area contributed by atoms with Crippen LogP contribution in [0.2, 0.25) is 0 Å². The number of ether oxygens (including phenoxy) is 2. The minimum Gasteiger partial charge on any atom is -0.394 e. The van der Waals surface area contributed by atoms with Gasteiger partial charge in [-0.1, -0.05) is 0 Å². The molecule has 17 heavy (non-hydrogen) atoms. The molecule has 5 atom stereocenters. The summed E-state index contributed by atoms with van der Waals surface area (Å²) < 4.78 is 10.4. The first-order chi connectivity index (χ1) is 7.82. The van der Waals surface area contributed by atoms with E-state index >= 15 is 0 Å². The molecule has 1 aliphatic heterocycles. The molecule has 0 aromatic heterocycles. The van der Waals surface area contributed by atoms with Gasteiger partial charge in [-0.15, -0.1) is 0 Å². The predicted octanol–water partition coefficient (Wildman–Crippen LogP) is -2.43. The zero-order chi connectivity index (χ0) is 13.2. The van der Waals surface area contributed by atoms with E-state index in [0.717, 1.165) is 0 Å². The van der Waals surface area contributed by atoms with E-state index < -0.39 is 42.9 Å². The van der Waals surface area contributed by atoms with Gasteiger partial charge in [-0.2, -0.15) is 0 Å². The van der Waals surface area contributed by atoms with Crippen molar-refractivity contribution < 1.29 is 35.0 Å². The van der Waals surface area contributed by atoms with Crippen molar-refractivity contribution in [2.24, 2.45) is 0 Å². The van der Waals surface area contributed by atoms with Gasteiger partial charge in [-0.25, -0.2) is 0 Å². The Labute approximate surface area is 99.2 Å². The van der Waals surface area contributed by atoms with E-state index in [1.165, 1.54) is 0 Å². The van der Waals surface area contributed by atoms with Gasteiger partial charge < -0.3 is 35.0 Å². The molecule has 0 saturated carbocycles. The summed E-state index contributed by atoms with van der Waals surface area (Å²) in [6, 6.07) is 0. The smallest absolute Gasteiger partial charge is 0.187 e. The molecule has 0 spiro atoms. The zero-order valence-electron chi connectivity index (χ0n) is 9.85. The molecule has 1 rings (SSSR count). The molecule has 0 amide bonds. The molecule has 1 heterocycles. The second kappa shape index (κ2) is 5.57. The van der Waals surface area contributed by atoms with Crippen LogP contribution in [0.5, 0.6) is 0 Å². The van der Waals surface area contributed by atoms with E-state index in [0.29, 0.717) is 0 Å². The second-order valence-electron chi connectivity index (χ2n) is 4.73. The molecule has 7 heteroatoms. The third-order valence-electron chi connectivity index (χ3n) is 2.66. The van der Waals surface area contributed by atoms with Gasteiger partial charge in [-0.05, 0) is 13.8 Å². The summed E-state index contributed by atoms with van der Waals surface area (Å²) in [5.74, 6) is 0. The fourth-order valence-electron chi connectivity index (χ4n) is 1.52. The van der Waals surface area contributed by atoms with Gasteiger partial charge in [0.25, 0.3) is 0 Å². The predicted molar refractivity (Wildman–Crippen MR) is 56.0 cm³/mol. The van der Waals surface area contributed by atoms with Gasteiger partial charge in [0.2, 0.25) is 0 Å². The lowest BCUT2D eigenvalue weighted by Crippen LogP contribution is -2.60. The molecule has 5 N–H and O–H groups in total. The van der Waals surface area contributed by atoms with E-state index in [4.69, 9.17) is 19.7 Å². The summed E-state index contributed by atoms with van der Waals surface area (Å²) in [6.45, 7) is 2.34. The Balaban J connectivity index is 2.72. The molecule has 0 aromatic rings. The first-order valence-corrected chi connectivity index (χ1v) is 5.41. The first-order valence-electron chi connectivity index (χ1n) is 5.41. The third kappa shape index (κ3) is 3.35. The maximum atomic E-state index is 9.66. The number of aliphatic hydroxyl groups excluding tert-OH is 5. The molecule has 0 bridgehead atoms. The van der Waals surface area contributed by atoms with Crippen molar-refractivity contribution in [3.8, 4) is 0 Å². The Bertz CT molecular complexity index is 243. The maximum absolute atomic E-state index is 9.66. The van der Waals surface area contributed by atoms with Crippen molar-refractivity contribution in [2.45, 2.75) is 50.2 Å². The van der Waals surface area contributed by atoms with Crippen LogP contribution in [0, 0.1) is 0 Å². The van der Waals surface area contributed by atoms with Crippen LogP contribution in [0.4, 0.5) is 0 Å². The van der Waals surface area contributed by atoms with Gasteiger partial charge >= 0.3 is 0 Å². The second-order valence-corrected chi connectivity index (χ2v) is 4.73. The van der Waals surface area contributed by atoms with E-state index in [1.54, 1.807) is 13.8 Å². The minimum absolute atomic E-state index is 0.304.